The second-order valence-corrected chi connectivity index (χ2v) is 2.57. The lowest BCUT2D eigenvalue weighted by Crippen LogP contribution is -2.41. The molecule has 0 atom stereocenters. The standard InChI is InChI=1S/C6H13N.CO2/c1-6(2)7-4-3-5-7;2-1-3/h6H,3-5H2,1-2H3;. The highest BCUT2D eigenvalue weighted by atomic mass is 16.2. The molecule has 0 saturated carbocycles. The summed E-state index contributed by atoms with van der Waals surface area (Å²) in [6.07, 6.45) is 1.66. The molecule has 3 nitrogen and oxygen atoms in total. The maximum Gasteiger partial charge on any atom is 0.373 e. The van der Waals surface area contributed by atoms with Crippen LogP contribution in [0.4, 0.5) is 0 Å². The van der Waals surface area contributed by atoms with Gasteiger partial charge in [-0.05, 0) is 33.4 Å². The summed E-state index contributed by atoms with van der Waals surface area (Å²) in [6, 6.07) is 0.786. The molecule has 1 saturated heterocycles. The maximum atomic E-state index is 8.12. The van der Waals surface area contributed by atoms with Gasteiger partial charge in [0.2, 0.25) is 0 Å². The van der Waals surface area contributed by atoms with E-state index in [2.05, 4.69) is 18.7 Å². The lowest BCUT2D eigenvalue weighted by atomic mass is 10.2. The van der Waals surface area contributed by atoms with Gasteiger partial charge in [-0.3, -0.25) is 0 Å². The fourth-order valence-corrected chi connectivity index (χ4v) is 0.857. The Bertz CT molecular complexity index is 113. The predicted octanol–water partition coefficient (Wildman–Crippen LogP) is 0.517. The first-order valence-electron chi connectivity index (χ1n) is 3.45. The summed E-state index contributed by atoms with van der Waals surface area (Å²) in [7, 11) is 0. The molecule has 0 bridgehead atoms. The number of likely N-dealkylation sites (tertiary alicyclic amines) is 1. The summed E-state index contributed by atoms with van der Waals surface area (Å²) in [4.78, 5) is 18.7. The van der Waals surface area contributed by atoms with Gasteiger partial charge in [0.25, 0.3) is 0 Å². The molecule has 0 spiro atoms. The summed E-state index contributed by atoms with van der Waals surface area (Å²) in [6.45, 7) is 7.16. The van der Waals surface area contributed by atoms with Crippen LogP contribution in [0.1, 0.15) is 20.3 Å². The van der Waals surface area contributed by atoms with Crippen LogP contribution in [0, 0.1) is 0 Å². The Hall–Kier alpha value is -0.660. The third-order valence-electron chi connectivity index (χ3n) is 1.62. The highest BCUT2D eigenvalue weighted by Crippen LogP contribution is 2.08. The highest BCUT2D eigenvalue weighted by molar-refractivity contribution is 5.20. The van der Waals surface area contributed by atoms with E-state index in [0.717, 1.165) is 6.04 Å². The molecule has 1 aliphatic heterocycles. The van der Waals surface area contributed by atoms with E-state index in [1.54, 1.807) is 0 Å². The van der Waals surface area contributed by atoms with E-state index in [1.165, 1.54) is 19.5 Å². The second-order valence-electron chi connectivity index (χ2n) is 2.57. The van der Waals surface area contributed by atoms with Crippen molar-refractivity contribution in [2.75, 3.05) is 13.1 Å². The molecule has 0 aromatic heterocycles. The minimum absolute atomic E-state index is 0.250. The maximum absolute atomic E-state index is 8.12. The number of rotatable bonds is 1. The summed E-state index contributed by atoms with van der Waals surface area (Å²) in [5.74, 6) is 0. The Kier molecular flexibility index (Phi) is 4.81. The highest BCUT2D eigenvalue weighted by Gasteiger charge is 2.15. The van der Waals surface area contributed by atoms with Gasteiger partial charge >= 0.3 is 6.15 Å². The molecular weight excluding hydrogens is 130 g/mol. The van der Waals surface area contributed by atoms with Crippen molar-refractivity contribution in [2.45, 2.75) is 26.3 Å². The first-order chi connectivity index (χ1) is 4.72. The minimum atomic E-state index is 0.250. The fraction of sp³-hybridized carbons (Fsp3) is 0.857. The van der Waals surface area contributed by atoms with Gasteiger partial charge in [0.05, 0.1) is 0 Å². The molecule has 1 rings (SSSR count). The molecule has 0 N–H and O–H groups in total. The van der Waals surface area contributed by atoms with Crippen molar-refractivity contribution in [3.05, 3.63) is 0 Å². The molecule has 1 fully saturated rings. The summed E-state index contributed by atoms with van der Waals surface area (Å²) >= 11 is 0. The van der Waals surface area contributed by atoms with Crippen LogP contribution in [-0.2, 0) is 9.59 Å². The van der Waals surface area contributed by atoms with Gasteiger partial charge in [-0.25, -0.2) is 0 Å². The molecule has 0 aromatic rings. The van der Waals surface area contributed by atoms with Crippen LogP contribution in [-0.4, -0.2) is 30.2 Å². The lowest BCUT2D eigenvalue weighted by molar-refractivity contribution is -0.191. The van der Waals surface area contributed by atoms with Gasteiger partial charge < -0.3 is 4.90 Å². The molecule has 3 heteroatoms. The van der Waals surface area contributed by atoms with Gasteiger partial charge in [-0.1, -0.05) is 0 Å². The zero-order valence-electron chi connectivity index (χ0n) is 6.46. The van der Waals surface area contributed by atoms with E-state index in [-0.39, 0.29) is 6.15 Å². The number of carbonyl (C=O) groups excluding carboxylic acids is 2. The molecule has 0 radical (unpaired) electrons. The lowest BCUT2D eigenvalue weighted by Gasteiger charge is -2.34. The van der Waals surface area contributed by atoms with E-state index in [1.807, 2.05) is 0 Å². The second kappa shape index (κ2) is 5.15. The topological polar surface area (TPSA) is 37.4 Å². The smallest absolute Gasteiger partial charge is 0.301 e. The fourth-order valence-electron chi connectivity index (χ4n) is 0.857. The Balaban J connectivity index is 0.000000236. The molecule has 0 aliphatic carbocycles. The number of hydrogen-bond acceptors (Lipinski definition) is 3. The van der Waals surface area contributed by atoms with Crippen molar-refractivity contribution >= 4 is 6.15 Å². The van der Waals surface area contributed by atoms with E-state index >= 15 is 0 Å². The molecule has 0 amide bonds. The van der Waals surface area contributed by atoms with Crippen LogP contribution < -0.4 is 0 Å². The quantitative estimate of drug-likeness (QED) is 0.537. The molecule has 10 heavy (non-hydrogen) atoms. The summed E-state index contributed by atoms with van der Waals surface area (Å²) < 4.78 is 0. The minimum Gasteiger partial charge on any atom is -0.301 e. The molecular formula is C7H13NO2. The third kappa shape index (κ3) is 3.38. The molecule has 0 aromatic carbocycles. The van der Waals surface area contributed by atoms with E-state index < -0.39 is 0 Å². The van der Waals surface area contributed by atoms with Crippen LogP contribution >= 0.6 is 0 Å². The van der Waals surface area contributed by atoms with Crippen molar-refractivity contribution in [3.8, 4) is 0 Å². The Morgan fingerprint density at radius 1 is 1.30 bits per heavy atom. The first kappa shape index (κ1) is 9.34. The van der Waals surface area contributed by atoms with Gasteiger partial charge in [0.15, 0.2) is 0 Å². The van der Waals surface area contributed by atoms with E-state index in [4.69, 9.17) is 9.59 Å². The first-order valence-corrected chi connectivity index (χ1v) is 3.45. The molecule has 0 unspecified atom stereocenters. The van der Waals surface area contributed by atoms with Gasteiger partial charge in [-0.2, -0.15) is 9.59 Å². The van der Waals surface area contributed by atoms with Crippen molar-refractivity contribution in [1.82, 2.24) is 4.90 Å². The monoisotopic (exact) mass is 143 g/mol. The van der Waals surface area contributed by atoms with Crippen molar-refractivity contribution in [3.63, 3.8) is 0 Å². The van der Waals surface area contributed by atoms with Gasteiger partial charge in [0, 0.05) is 6.04 Å². The number of nitrogens with zero attached hydrogens (tertiary/aromatic N) is 1. The van der Waals surface area contributed by atoms with Crippen LogP contribution in [0.5, 0.6) is 0 Å². The average molecular weight is 143 g/mol. The number of hydrogen-bond donors (Lipinski definition) is 0. The largest absolute Gasteiger partial charge is 0.373 e. The SMILES string of the molecule is CC(C)N1CCC1.O=C=O. The predicted molar refractivity (Wildman–Crippen MR) is 36.3 cm³/mol. The van der Waals surface area contributed by atoms with Crippen LogP contribution in [0.25, 0.3) is 0 Å². The van der Waals surface area contributed by atoms with E-state index in [9.17, 15) is 0 Å². The Morgan fingerprint density at radius 2 is 1.70 bits per heavy atom. The van der Waals surface area contributed by atoms with Gasteiger partial charge in [-0.15, -0.1) is 0 Å². The zero-order chi connectivity index (χ0) is 7.98. The van der Waals surface area contributed by atoms with Crippen LogP contribution in [0.2, 0.25) is 0 Å². The van der Waals surface area contributed by atoms with Crippen molar-refractivity contribution in [2.24, 2.45) is 0 Å². The van der Waals surface area contributed by atoms with Crippen LogP contribution in [0.15, 0.2) is 0 Å². The van der Waals surface area contributed by atoms with Crippen molar-refractivity contribution < 1.29 is 9.59 Å². The van der Waals surface area contributed by atoms with Crippen LogP contribution in [0.3, 0.4) is 0 Å². The molecule has 58 valence electrons. The summed E-state index contributed by atoms with van der Waals surface area (Å²) in [5, 5.41) is 0. The van der Waals surface area contributed by atoms with Gasteiger partial charge in [0.1, 0.15) is 0 Å². The third-order valence-corrected chi connectivity index (χ3v) is 1.62. The Morgan fingerprint density at radius 3 is 1.70 bits per heavy atom. The zero-order valence-corrected chi connectivity index (χ0v) is 6.46. The Labute approximate surface area is 61.0 Å². The van der Waals surface area contributed by atoms with Crippen molar-refractivity contribution in [1.29, 1.82) is 0 Å². The average Bonchev–Trinajstić information content (AvgIpc) is 1.59. The summed E-state index contributed by atoms with van der Waals surface area (Å²) in [5.41, 5.74) is 0. The molecule has 1 aliphatic rings. The normalized spacial score (nSPS) is 16.7. The van der Waals surface area contributed by atoms with E-state index in [0.29, 0.717) is 0 Å². The molecule has 1 heterocycles.